The van der Waals surface area contributed by atoms with Gasteiger partial charge < -0.3 is 0 Å². The maximum absolute atomic E-state index is 12.3. The van der Waals surface area contributed by atoms with E-state index in [-0.39, 0.29) is 5.91 Å². The quantitative estimate of drug-likeness (QED) is 0.566. The van der Waals surface area contributed by atoms with Gasteiger partial charge in [0.1, 0.15) is 4.32 Å². The first-order valence-corrected chi connectivity index (χ1v) is 8.21. The molecule has 1 fully saturated rings. The van der Waals surface area contributed by atoms with Crippen molar-refractivity contribution in [3.8, 4) is 0 Å². The maximum Gasteiger partial charge on any atom is 0.266 e. The lowest BCUT2D eigenvalue weighted by molar-refractivity contribution is -0.122. The standard InChI is InChI=1S/C14H13Cl2NOS2/c1-2-3-6-17-13(18)12(20-14(17)19)8-9-4-5-10(15)11(16)7-9/h4-5,7-8H,2-3,6H2,1H3/b12-8+. The monoisotopic (exact) mass is 345 g/mol. The maximum atomic E-state index is 12.3. The van der Waals surface area contributed by atoms with Crippen LogP contribution in [0.4, 0.5) is 0 Å². The summed E-state index contributed by atoms with van der Waals surface area (Å²) in [4.78, 5) is 14.6. The zero-order chi connectivity index (χ0) is 14.7. The number of unbranched alkanes of at least 4 members (excludes halogenated alkanes) is 1. The minimum absolute atomic E-state index is 0.0282. The van der Waals surface area contributed by atoms with E-state index in [0.29, 0.717) is 25.8 Å². The van der Waals surface area contributed by atoms with E-state index in [1.54, 1.807) is 23.1 Å². The van der Waals surface area contributed by atoms with Gasteiger partial charge in [-0.2, -0.15) is 0 Å². The van der Waals surface area contributed by atoms with E-state index in [1.165, 1.54) is 11.8 Å². The number of carbonyl (C=O) groups excluding carboxylic acids is 1. The number of hydrogen-bond donors (Lipinski definition) is 0. The number of carbonyl (C=O) groups is 1. The molecule has 2 nitrogen and oxygen atoms in total. The molecule has 0 aliphatic carbocycles. The first-order chi connectivity index (χ1) is 9.52. The third-order valence-corrected chi connectivity index (χ3v) is 4.97. The van der Waals surface area contributed by atoms with Crippen LogP contribution in [-0.2, 0) is 4.79 Å². The van der Waals surface area contributed by atoms with Crippen molar-refractivity contribution in [2.75, 3.05) is 6.54 Å². The van der Waals surface area contributed by atoms with E-state index in [1.807, 2.05) is 6.07 Å². The third-order valence-electron chi connectivity index (χ3n) is 2.85. The van der Waals surface area contributed by atoms with E-state index < -0.39 is 0 Å². The Hall–Kier alpha value is -0.550. The SMILES string of the molecule is CCCCN1C(=O)/C(=C\c2ccc(Cl)c(Cl)c2)SC1=S. The van der Waals surface area contributed by atoms with Crippen LogP contribution in [0.1, 0.15) is 25.3 Å². The van der Waals surface area contributed by atoms with Crippen LogP contribution >= 0.6 is 47.2 Å². The second kappa shape index (κ2) is 6.94. The van der Waals surface area contributed by atoms with Crippen molar-refractivity contribution in [2.45, 2.75) is 19.8 Å². The second-order valence-electron chi connectivity index (χ2n) is 4.36. The number of nitrogens with zero attached hydrogens (tertiary/aromatic N) is 1. The Morgan fingerprint density at radius 1 is 1.35 bits per heavy atom. The largest absolute Gasteiger partial charge is 0.293 e. The summed E-state index contributed by atoms with van der Waals surface area (Å²) in [5, 5.41) is 0.973. The van der Waals surface area contributed by atoms with Crippen LogP contribution in [0, 0.1) is 0 Å². The molecule has 20 heavy (non-hydrogen) atoms. The minimum atomic E-state index is -0.0282. The third kappa shape index (κ3) is 3.55. The second-order valence-corrected chi connectivity index (χ2v) is 6.85. The van der Waals surface area contributed by atoms with E-state index in [4.69, 9.17) is 35.4 Å². The molecule has 106 valence electrons. The molecule has 6 heteroatoms. The molecule has 1 aromatic rings. The number of benzene rings is 1. The first-order valence-electron chi connectivity index (χ1n) is 6.23. The number of halogens is 2. The molecular formula is C14H13Cl2NOS2. The van der Waals surface area contributed by atoms with Crippen molar-refractivity contribution in [1.82, 2.24) is 4.90 Å². The highest BCUT2D eigenvalue weighted by Crippen LogP contribution is 2.33. The van der Waals surface area contributed by atoms with Crippen LogP contribution in [-0.4, -0.2) is 21.7 Å². The molecular weight excluding hydrogens is 333 g/mol. The van der Waals surface area contributed by atoms with Crippen LogP contribution < -0.4 is 0 Å². The molecule has 2 rings (SSSR count). The zero-order valence-corrected chi connectivity index (χ0v) is 14.0. The molecule has 0 unspecified atom stereocenters. The summed E-state index contributed by atoms with van der Waals surface area (Å²) in [5.74, 6) is -0.0282. The lowest BCUT2D eigenvalue weighted by Gasteiger charge is -2.12. The number of amides is 1. The van der Waals surface area contributed by atoms with Gasteiger partial charge in [-0.25, -0.2) is 0 Å². The molecule has 0 bridgehead atoms. The fourth-order valence-corrected chi connectivity index (χ4v) is 3.38. The van der Waals surface area contributed by atoms with Crippen LogP contribution in [0.25, 0.3) is 6.08 Å². The minimum Gasteiger partial charge on any atom is -0.293 e. The Kier molecular flexibility index (Phi) is 5.49. The van der Waals surface area contributed by atoms with E-state index in [2.05, 4.69) is 6.92 Å². The Bertz CT molecular complexity index is 587. The highest BCUT2D eigenvalue weighted by Gasteiger charge is 2.31. The van der Waals surface area contributed by atoms with Crippen LogP contribution in [0.15, 0.2) is 23.1 Å². The fourth-order valence-electron chi connectivity index (χ4n) is 1.76. The Morgan fingerprint density at radius 3 is 2.75 bits per heavy atom. The summed E-state index contributed by atoms with van der Waals surface area (Å²) < 4.78 is 0.620. The van der Waals surface area contributed by atoms with Gasteiger partial charge in [0.2, 0.25) is 0 Å². The normalized spacial score (nSPS) is 17.4. The van der Waals surface area contributed by atoms with Crippen LogP contribution in [0.2, 0.25) is 10.0 Å². The lowest BCUT2D eigenvalue weighted by Crippen LogP contribution is -2.28. The smallest absolute Gasteiger partial charge is 0.266 e. The average molecular weight is 346 g/mol. The van der Waals surface area contributed by atoms with E-state index >= 15 is 0 Å². The predicted octanol–water partition coefficient (Wildman–Crippen LogP) is 4.99. The molecule has 0 aromatic heterocycles. The van der Waals surface area contributed by atoms with Crippen molar-refractivity contribution in [3.05, 3.63) is 38.7 Å². The topological polar surface area (TPSA) is 20.3 Å². The van der Waals surface area contributed by atoms with Gasteiger partial charge in [0.15, 0.2) is 0 Å². The number of thioether (sulfide) groups is 1. The summed E-state index contributed by atoms with van der Waals surface area (Å²) in [6.45, 7) is 2.77. The Labute approximate surface area is 138 Å². The summed E-state index contributed by atoms with van der Waals surface area (Å²) >= 11 is 18.4. The molecule has 0 spiro atoms. The molecule has 1 saturated heterocycles. The molecule has 1 aliphatic heterocycles. The number of thiocarbonyl (C=S) groups is 1. The zero-order valence-electron chi connectivity index (χ0n) is 10.9. The Balaban J connectivity index is 2.20. The van der Waals surface area contributed by atoms with Gasteiger partial charge in [-0.15, -0.1) is 0 Å². The summed E-state index contributed by atoms with van der Waals surface area (Å²) in [6, 6.07) is 5.28. The van der Waals surface area contributed by atoms with Gasteiger partial charge in [-0.1, -0.05) is 66.6 Å². The Morgan fingerprint density at radius 2 is 2.10 bits per heavy atom. The summed E-state index contributed by atoms with van der Waals surface area (Å²) in [5.41, 5.74) is 0.843. The van der Waals surface area contributed by atoms with Gasteiger partial charge in [0.05, 0.1) is 15.0 Å². The van der Waals surface area contributed by atoms with Crippen molar-refractivity contribution < 1.29 is 4.79 Å². The lowest BCUT2D eigenvalue weighted by atomic mass is 10.2. The van der Waals surface area contributed by atoms with Crippen molar-refractivity contribution in [2.24, 2.45) is 0 Å². The average Bonchev–Trinajstić information content (AvgIpc) is 2.67. The number of hydrogen-bond acceptors (Lipinski definition) is 3. The van der Waals surface area contributed by atoms with Crippen LogP contribution in [0.5, 0.6) is 0 Å². The van der Waals surface area contributed by atoms with Gasteiger partial charge in [-0.05, 0) is 30.2 Å². The molecule has 1 amide bonds. The molecule has 0 saturated carbocycles. The van der Waals surface area contributed by atoms with Crippen LogP contribution in [0.3, 0.4) is 0 Å². The summed E-state index contributed by atoms with van der Waals surface area (Å²) in [7, 11) is 0. The van der Waals surface area contributed by atoms with Gasteiger partial charge in [0, 0.05) is 6.54 Å². The van der Waals surface area contributed by atoms with E-state index in [0.717, 1.165) is 18.4 Å². The molecule has 0 atom stereocenters. The van der Waals surface area contributed by atoms with Crippen molar-refractivity contribution in [1.29, 1.82) is 0 Å². The van der Waals surface area contributed by atoms with Gasteiger partial charge in [-0.3, -0.25) is 9.69 Å². The highest BCUT2D eigenvalue weighted by atomic mass is 35.5. The first kappa shape index (κ1) is 15.8. The summed E-state index contributed by atoms with van der Waals surface area (Å²) in [6.07, 6.45) is 3.78. The molecule has 0 N–H and O–H groups in total. The van der Waals surface area contributed by atoms with Crippen molar-refractivity contribution >= 4 is 63.5 Å². The van der Waals surface area contributed by atoms with E-state index in [9.17, 15) is 4.79 Å². The fraction of sp³-hybridized carbons (Fsp3) is 0.286. The molecule has 1 aromatic carbocycles. The highest BCUT2D eigenvalue weighted by molar-refractivity contribution is 8.26. The van der Waals surface area contributed by atoms with Gasteiger partial charge >= 0.3 is 0 Å². The molecule has 1 aliphatic rings. The van der Waals surface area contributed by atoms with Gasteiger partial charge in [0.25, 0.3) is 5.91 Å². The molecule has 1 heterocycles. The molecule has 0 radical (unpaired) electrons. The number of rotatable bonds is 4. The predicted molar refractivity (Wildman–Crippen MR) is 91.2 cm³/mol. The van der Waals surface area contributed by atoms with Crippen molar-refractivity contribution in [3.63, 3.8) is 0 Å².